The topological polar surface area (TPSA) is 48.0 Å². The van der Waals surface area contributed by atoms with E-state index in [4.69, 9.17) is 14.2 Å². The van der Waals surface area contributed by atoms with E-state index < -0.39 is 17.5 Å². The molecule has 0 unspecified atom stereocenters. The number of halogens is 2. The summed E-state index contributed by atoms with van der Waals surface area (Å²) in [7, 11) is 4.69. The molecule has 5 nitrogen and oxygen atoms in total. The minimum absolute atomic E-state index is 0.00559. The van der Waals surface area contributed by atoms with Crippen molar-refractivity contribution in [2.75, 3.05) is 34.4 Å². The molecule has 2 aromatic rings. The first-order valence-corrected chi connectivity index (χ1v) is 8.71. The molecule has 0 fully saturated rings. The fourth-order valence-corrected chi connectivity index (χ4v) is 3.26. The number of carbonyl (C=O) groups is 1. The maximum atomic E-state index is 13.4. The van der Waals surface area contributed by atoms with Crippen molar-refractivity contribution >= 4 is 11.5 Å². The van der Waals surface area contributed by atoms with E-state index in [9.17, 15) is 13.6 Å². The van der Waals surface area contributed by atoms with Crippen LogP contribution in [-0.2, 0) is 0 Å². The van der Waals surface area contributed by atoms with Crippen molar-refractivity contribution in [3.63, 3.8) is 0 Å². The molecule has 0 bridgehead atoms. The highest BCUT2D eigenvalue weighted by Crippen LogP contribution is 2.40. The number of amides is 1. The molecule has 0 aromatic heterocycles. The molecule has 2 aromatic carbocycles. The summed E-state index contributed by atoms with van der Waals surface area (Å²) in [5.74, 6) is -0.140. The van der Waals surface area contributed by atoms with Crippen LogP contribution in [0.2, 0.25) is 0 Å². The van der Waals surface area contributed by atoms with E-state index in [-0.39, 0.29) is 5.56 Å². The lowest BCUT2D eigenvalue weighted by Gasteiger charge is -2.28. The molecule has 3 rings (SSSR count). The van der Waals surface area contributed by atoms with Gasteiger partial charge in [-0.15, -0.1) is 0 Å². The SMILES string of the molecule is COc1cc(OC)c(C2=CCN(C(=O)c3cc(F)cc(F)c3)CC2)c(OC)c1. The van der Waals surface area contributed by atoms with E-state index in [1.165, 1.54) is 0 Å². The molecule has 1 heterocycles. The van der Waals surface area contributed by atoms with Gasteiger partial charge in [-0.25, -0.2) is 8.78 Å². The lowest BCUT2D eigenvalue weighted by Crippen LogP contribution is -2.34. The van der Waals surface area contributed by atoms with Crippen LogP contribution in [0, 0.1) is 11.6 Å². The molecule has 0 saturated heterocycles. The van der Waals surface area contributed by atoms with E-state index in [2.05, 4.69) is 0 Å². The molecule has 0 radical (unpaired) electrons. The van der Waals surface area contributed by atoms with E-state index in [1.807, 2.05) is 6.08 Å². The Hall–Kier alpha value is -3.09. The molecule has 7 heteroatoms. The smallest absolute Gasteiger partial charge is 0.254 e. The monoisotopic (exact) mass is 389 g/mol. The predicted octanol–water partition coefficient (Wildman–Crippen LogP) is 3.92. The average molecular weight is 389 g/mol. The Morgan fingerprint density at radius 3 is 2.00 bits per heavy atom. The van der Waals surface area contributed by atoms with Gasteiger partial charge in [0.25, 0.3) is 5.91 Å². The summed E-state index contributed by atoms with van der Waals surface area (Å²) in [6.45, 7) is 0.714. The van der Waals surface area contributed by atoms with Crippen molar-refractivity contribution in [1.82, 2.24) is 4.90 Å². The van der Waals surface area contributed by atoms with Gasteiger partial charge >= 0.3 is 0 Å². The van der Waals surface area contributed by atoms with Gasteiger partial charge in [-0.1, -0.05) is 6.08 Å². The van der Waals surface area contributed by atoms with Crippen molar-refractivity contribution < 1.29 is 27.8 Å². The Bertz CT molecular complexity index is 881. The van der Waals surface area contributed by atoms with Gasteiger partial charge in [0.05, 0.1) is 26.9 Å². The number of benzene rings is 2. The van der Waals surface area contributed by atoms with E-state index in [0.29, 0.717) is 36.8 Å². The van der Waals surface area contributed by atoms with Crippen molar-refractivity contribution in [2.24, 2.45) is 0 Å². The van der Waals surface area contributed by atoms with Gasteiger partial charge in [-0.2, -0.15) is 0 Å². The summed E-state index contributed by atoms with van der Waals surface area (Å²) in [4.78, 5) is 14.1. The summed E-state index contributed by atoms with van der Waals surface area (Å²) in [5, 5.41) is 0. The summed E-state index contributed by atoms with van der Waals surface area (Å²) in [5.41, 5.74) is 1.76. The molecule has 0 spiro atoms. The summed E-state index contributed by atoms with van der Waals surface area (Å²) >= 11 is 0. The van der Waals surface area contributed by atoms with Gasteiger partial charge in [0, 0.05) is 36.9 Å². The number of methoxy groups -OCH3 is 3. The number of carbonyl (C=O) groups excluding carboxylic acids is 1. The molecule has 148 valence electrons. The molecule has 0 N–H and O–H groups in total. The normalized spacial score (nSPS) is 13.8. The molecule has 1 aliphatic rings. The zero-order chi connectivity index (χ0) is 20.3. The molecule has 1 amide bonds. The van der Waals surface area contributed by atoms with E-state index in [1.54, 1.807) is 38.4 Å². The summed E-state index contributed by atoms with van der Waals surface area (Å²) in [6.07, 6.45) is 2.44. The van der Waals surface area contributed by atoms with Crippen LogP contribution in [0.3, 0.4) is 0 Å². The molecule has 0 atom stereocenters. The van der Waals surface area contributed by atoms with Crippen LogP contribution in [0.15, 0.2) is 36.4 Å². The maximum Gasteiger partial charge on any atom is 0.254 e. The molecule has 1 aliphatic heterocycles. The summed E-state index contributed by atoms with van der Waals surface area (Å²) in [6, 6.07) is 6.37. The zero-order valence-electron chi connectivity index (χ0n) is 15.9. The third-order valence-corrected chi connectivity index (χ3v) is 4.64. The first-order chi connectivity index (χ1) is 13.5. The highest BCUT2D eigenvalue weighted by atomic mass is 19.1. The minimum Gasteiger partial charge on any atom is -0.496 e. The van der Waals surface area contributed by atoms with Crippen LogP contribution in [0.4, 0.5) is 8.78 Å². The minimum atomic E-state index is -0.774. The standard InChI is InChI=1S/C21H21F2NO4/c1-26-17-11-18(27-2)20(19(12-17)28-3)13-4-6-24(7-5-13)21(25)14-8-15(22)10-16(23)9-14/h4,8-12H,5-7H2,1-3H3. The van der Waals surface area contributed by atoms with Crippen LogP contribution < -0.4 is 14.2 Å². The van der Waals surface area contributed by atoms with Gasteiger partial charge in [-0.05, 0) is 24.1 Å². The second-order valence-corrected chi connectivity index (χ2v) is 6.30. The Balaban J connectivity index is 1.87. The average Bonchev–Trinajstić information content (AvgIpc) is 2.71. The third kappa shape index (κ3) is 3.93. The zero-order valence-corrected chi connectivity index (χ0v) is 15.9. The van der Waals surface area contributed by atoms with Gasteiger partial charge in [0.1, 0.15) is 28.9 Å². The quantitative estimate of drug-likeness (QED) is 0.778. The largest absolute Gasteiger partial charge is 0.496 e. The summed E-state index contributed by atoms with van der Waals surface area (Å²) < 4.78 is 43.1. The van der Waals surface area contributed by atoms with Crippen LogP contribution in [-0.4, -0.2) is 45.2 Å². The van der Waals surface area contributed by atoms with Gasteiger partial charge in [0.15, 0.2) is 0 Å². The lowest BCUT2D eigenvalue weighted by atomic mass is 9.96. The predicted molar refractivity (Wildman–Crippen MR) is 101 cm³/mol. The van der Waals surface area contributed by atoms with Gasteiger partial charge in [0.2, 0.25) is 0 Å². The molecular weight excluding hydrogens is 368 g/mol. The van der Waals surface area contributed by atoms with Crippen molar-refractivity contribution in [3.05, 3.63) is 59.2 Å². The number of nitrogens with zero attached hydrogens (tertiary/aromatic N) is 1. The fraction of sp³-hybridized carbons (Fsp3) is 0.286. The Morgan fingerprint density at radius 2 is 1.54 bits per heavy atom. The first-order valence-electron chi connectivity index (χ1n) is 8.71. The van der Waals surface area contributed by atoms with E-state index in [0.717, 1.165) is 29.3 Å². The second kappa shape index (κ2) is 8.29. The van der Waals surface area contributed by atoms with Crippen molar-refractivity contribution in [3.8, 4) is 17.2 Å². The third-order valence-electron chi connectivity index (χ3n) is 4.64. The van der Waals surface area contributed by atoms with Gasteiger partial charge in [-0.3, -0.25) is 4.79 Å². The van der Waals surface area contributed by atoms with Crippen LogP contribution in [0.5, 0.6) is 17.2 Å². The Morgan fingerprint density at radius 1 is 0.929 bits per heavy atom. The van der Waals surface area contributed by atoms with Crippen molar-refractivity contribution in [2.45, 2.75) is 6.42 Å². The first kappa shape index (κ1) is 19.7. The Labute approximate surface area is 162 Å². The lowest BCUT2D eigenvalue weighted by molar-refractivity contribution is 0.0772. The fourth-order valence-electron chi connectivity index (χ4n) is 3.26. The van der Waals surface area contributed by atoms with Crippen LogP contribution >= 0.6 is 0 Å². The molecular formula is C21H21F2NO4. The Kier molecular flexibility index (Phi) is 5.82. The molecule has 0 saturated carbocycles. The molecule has 28 heavy (non-hydrogen) atoms. The number of hydrogen-bond donors (Lipinski definition) is 0. The maximum absolute atomic E-state index is 13.4. The van der Waals surface area contributed by atoms with Crippen LogP contribution in [0.1, 0.15) is 22.3 Å². The highest BCUT2D eigenvalue weighted by molar-refractivity contribution is 5.95. The van der Waals surface area contributed by atoms with Crippen LogP contribution in [0.25, 0.3) is 5.57 Å². The highest BCUT2D eigenvalue weighted by Gasteiger charge is 2.24. The number of ether oxygens (including phenoxy) is 3. The second-order valence-electron chi connectivity index (χ2n) is 6.30. The number of rotatable bonds is 5. The van der Waals surface area contributed by atoms with Gasteiger partial charge < -0.3 is 19.1 Å². The molecule has 0 aliphatic carbocycles. The van der Waals surface area contributed by atoms with E-state index >= 15 is 0 Å². The number of hydrogen-bond acceptors (Lipinski definition) is 4. The van der Waals surface area contributed by atoms with Crippen molar-refractivity contribution in [1.29, 1.82) is 0 Å².